The topological polar surface area (TPSA) is 266 Å². The minimum absolute atomic E-state index is 0.0169. The van der Waals surface area contributed by atoms with Gasteiger partial charge in [-0.2, -0.15) is 26.3 Å². The van der Waals surface area contributed by atoms with Crippen LogP contribution < -0.4 is 57.7 Å². The highest BCUT2D eigenvalue weighted by Crippen LogP contribution is 2.50. The molecule has 4 aliphatic heterocycles. The predicted octanol–water partition coefficient (Wildman–Crippen LogP) is 12.1. The molecule has 14 rings (SSSR count). The number of imide groups is 2. The molecule has 98 heavy (non-hydrogen) atoms. The smallest absolute Gasteiger partial charge is 0.416 e. The molecule has 0 atom stereocenters. The Kier molecular flexibility index (Phi) is 17.0. The van der Waals surface area contributed by atoms with Crippen molar-refractivity contribution in [3.63, 3.8) is 0 Å². The molecule has 4 amide bonds. The highest BCUT2D eigenvalue weighted by Gasteiger charge is 2.46. The first-order valence-corrected chi connectivity index (χ1v) is 32.6. The molecule has 0 radical (unpaired) electrons. The lowest BCUT2D eigenvalue weighted by Crippen LogP contribution is -2.37. The Morgan fingerprint density at radius 1 is 0.367 bits per heavy atom. The van der Waals surface area contributed by atoms with Crippen LogP contribution in [0.3, 0.4) is 0 Å². The predicted molar refractivity (Wildman–Crippen MR) is 348 cm³/mol. The van der Waals surface area contributed by atoms with Crippen molar-refractivity contribution >= 4 is 111 Å². The molecule has 0 bridgehead atoms. The number of ether oxygens (including phenoxy) is 4. The molecular formula is C72H46F6N4O14P2. The van der Waals surface area contributed by atoms with E-state index in [1.165, 1.54) is 86.8 Å². The van der Waals surface area contributed by atoms with E-state index in [2.05, 4.69) is 9.47 Å². The number of carbonyl (C=O) groups is 8. The Hall–Kier alpha value is -12.0. The zero-order valence-corrected chi connectivity index (χ0v) is 52.5. The molecule has 0 saturated carbocycles. The molecule has 10 aromatic rings. The van der Waals surface area contributed by atoms with Gasteiger partial charge in [0.2, 0.25) is 0 Å². The number of esters is 4. The number of hydrogen-bond acceptors (Lipinski definition) is 16. The minimum atomic E-state index is -4.85. The number of anilines is 3. The summed E-state index contributed by atoms with van der Waals surface area (Å²) in [5.41, 5.74) is 9.50. The van der Waals surface area contributed by atoms with Gasteiger partial charge in [-0.05, 0) is 110 Å². The summed E-state index contributed by atoms with van der Waals surface area (Å²) in [6.45, 7) is 1.38. The molecule has 0 aromatic heterocycles. The van der Waals surface area contributed by atoms with Crippen molar-refractivity contribution in [3.8, 4) is 23.0 Å². The zero-order valence-electron chi connectivity index (χ0n) is 50.7. The van der Waals surface area contributed by atoms with Crippen molar-refractivity contribution in [1.82, 2.24) is 4.90 Å². The second kappa shape index (κ2) is 25.3. The number of nitrogens with two attached hydrogens (primary N) is 2. The number of alkyl halides is 6. The molecule has 0 saturated heterocycles. The SMILES string of the molecule is Cc1cc(C(F)(F)F)cc(N2C(=O)c3ccc(Oc4ccc5c(c4)C(=O)N(C)C5=O)cc3C2=O)c1P(=O)(c1ccccc1)c1ccccc1.Nc1cc(C(F)(F)F)cc(N)c1P(=O)(c1ccccc1)c1ccccc1.O=C1OC(=O)c2cc(Oc3ccc4c(c3)C(=O)OC4=O)ccc21. The van der Waals surface area contributed by atoms with Crippen molar-refractivity contribution in [2.24, 2.45) is 0 Å². The third-order valence-corrected chi connectivity index (χ3v) is 22.5. The average Bonchev–Trinajstić information content (AvgIpc) is 1.11. The van der Waals surface area contributed by atoms with Gasteiger partial charge in [0.05, 0.1) is 66.6 Å². The van der Waals surface area contributed by atoms with Gasteiger partial charge in [0.15, 0.2) is 14.3 Å². The van der Waals surface area contributed by atoms with Crippen LogP contribution in [0.15, 0.2) is 218 Å². The maximum Gasteiger partial charge on any atom is 0.416 e. The van der Waals surface area contributed by atoms with E-state index in [9.17, 15) is 69.3 Å². The molecular weight excluding hydrogens is 1320 g/mol. The van der Waals surface area contributed by atoms with Crippen LogP contribution in [0, 0.1) is 6.92 Å². The molecule has 26 heteroatoms. The van der Waals surface area contributed by atoms with E-state index >= 15 is 4.57 Å². The Labute approximate surface area is 551 Å². The van der Waals surface area contributed by atoms with Crippen LogP contribution in [0.25, 0.3) is 0 Å². The van der Waals surface area contributed by atoms with Gasteiger partial charge in [0.1, 0.15) is 23.0 Å². The highest BCUT2D eigenvalue weighted by atomic mass is 31.2. The minimum Gasteiger partial charge on any atom is -0.457 e. The fourth-order valence-electron chi connectivity index (χ4n) is 11.5. The summed E-state index contributed by atoms with van der Waals surface area (Å²) < 4.78 is 132. The first kappa shape index (κ1) is 66.0. The van der Waals surface area contributed by atoms with Crippen molar-refractivity contribution in [2.75, 3.05) is 23.4 Å². The summed E-state index contributed by atoms with van der Waals surface area (Å²) >= 11 is 0. The van der Waals surface area contributed by atoms with E-state index in [0.717, 1.165) is 23.1 Å². The molecule has 18 nitrogen and oxygen atoms in total. The van der Waals surface area contributed by atoms with E-state index in [4.69, 9.17) is 20.9 Å². The number of hydrogen-bond donors (Lipinski definition) is 2. The van der Waals surface area contributed by atoms with Crippen molar-refractivity contribution in [1.29, 1.82) is 0 Å². The molecule has 4 aliphatic rings. The number of nitrogens with zero attached hydrogens (tertiary/aromatic N) is 2. The van der Waals surface area contributed by atoms with Gasteiger partial charge in [0.25, 0.3) is 23.6 Å². The number of halogens is 6. The van der Waals surface area contributed by atoms with Crippen molar-refractivity contribution in [3.05, 3.63) is 280 Å². The van der Waals surface area contributed by atoms with Crippen LogP contribution in [0.2, 0.25) is 0 Å². The third-order valence-electron chi connectivity index (χ3n) is 16.1. The summed E-state index contributed by atoms with van der Waals surface area (Å²) in [5, 5.41) is 1.46. The van der Waals surface area contributed by atoms with Gasteiger partial charge in [-0.3, -0.25) is 24.1 Å². The first-order valence-electron chi connectivity index (χ1n) is 29.2. The normalized spacial score (nSPS) is 14.0. The number of carbonyl (C=O) groups excluding carboxylic acids is 8. The lowest BCUT2D eigenvalue weighted by atomic mass is 10.1. The van der Waals surface area contributed by atoms with Crippen LogP contribution in [0.4, 0.5) is 43.4 Å². The molecule has 0 aliphatic carbocycles. The maximum absolute atomic E-state index is 15.5. The monoisotopic (exact) mass is 1370 g/mol. The molecule has 0 fully saturated rings. The fourth-order valence-corrected chi connectivity index (χ4v) is 17.4. The van der Waals surface area contributed by atoms with E-state index < -0.39 is 91.0 Å². The number of cyclic esters (lactones) is 4. The Morgan fingerprint density at radius 2 is 0.673 bits per heavy atom. The van der Waals surface area contributed by atoms with Crippen LogP contribution in [0.5, 0.6) is 23.0 Å². The quantitative estimate of drug-likeness (QED) is 0.0304. The summed E-state index contributed by atoms with van der Waals surface area (Å²) in [6.07, 6.45) is -9.44. The van der Waals surface area contributed by atoms with Crippen LogP contribution >= 0.6 is 14.3 Å². The lowest BCUT2D eigenvalue weighted by Gasteiger charge is -2.28. The van der Waals surface area contributed by atoms with Crippen LogP contribution in [0.1, 0.15) is 99.6 Å². The van der Waals surface area contributed by atoms with E-state index in [1.54, 1.807) is 121 Å². The number of aryl methyl sites for hydroxylation is 1. The van der Waals surface area contributed by atoms with E-state index in [0.29, 0.717) is 32.2 Å². The lowest BCUT2D eigenvalue weighted by molar-refractivity contribution is -0.138. The van der Waals surface area contributed by atoms with E-state index in [-0.39, 0.29) is 95.1 Å². The second-order valence-corrected chi connectivity index (χ2v) is 27.6. The van der Waals surface area contributed by atoms with Crippen molar-refractivity contribution < 1.29 is 92.8 Å². The molecule has 4 N–H and O–H groups in total. The Balaban J connectivity index is 0.000000156. The zero-order chi connectivity index (χ0) is 69.9. The maximum atomic E-state index is 15.5. The van der Waals surface area contributed by atoms with Gasteiger partial charge < -0.3 is 39.5 Å². The van der Waals surface area contributed by atoms with Gasteiger partial charge in [-0.15, -0.1) is 0 Å². The largest absolute Gasteiger partial charge is 0.457 e. The molecule has 10 aromatic carbocycles. The Bertz CT molecular complexity index is 4970. The highest BCUT2D eigenvalue weighted by molar-refractivity contribution is 7.86. The average molecular weight is 1370 g/mol. The molecule has 0 unspecified atom stereocenters. The fraction of sp³-hybridized carbons (Fsp3) is 0.0556. The Morgan fingerprint density at radius 3 is 1.06 bits per heavy atom. The number of nitrogen functional groups attached to an aromatic ring is 2. The van der Waals surface area contributed by atoms with Gasteiger partial charge in [0, 0.05) is 44.9 Å². The summed E-state index contributed by atoms with van der Waals surface area (Å²) in [6, 6.07) is 53.4. The molecule has 4 heterocycles. The standard InChI is InChI=1S/C37H24F3N2O6P.C19H16F3N2OP.C16H6O7/c1-21-17-22(37(38,39)40)18-31(32(21)49(47,25-9-5-3-6-10-25)26-11-7-4-8-12-26)42-35(45)28-16-14-24(20-30(28)36(42)46)48-23-13-15-27-29(19-23)34(44)41(2)33(27)43;20-19(21,22)13-11-16(23)18(17(24)12-13)26(25,14-7-3-1-4-8-14)15-9-5-2-6-10-15;17-13-9-3-1-7(5-11(9)15(19)22-13)21-8-2-4-10-12(6-8)16(20)23-14(10)18/h3-20H,1-2H3;1-12H,23-24H2;1-6H. The van der Waals surface area contributed by atoms with Gasteiger partial charge >= 0.3 is 36.2 Å². The van der Waals surface area contributed by atoms with Gasteiger partial charge in [-0.1, -0.05) is 121 Å². The first-order chi connectivity index (χ1) is 46.6. The molecule has 490 valence electrons. The third kappa shape index (κ3) is 12.0. The summed E-state index contributed by atoms with van der Waals surface area (Å²) in [7, 11) is -6.18. The van der Waals surface area contributed by atoms with Crippen LogP contribution in [-0.2, 0) is 31.0 Å². The number of fused-ring (bicyclic) bond motifs is 4. The number of benzene rings is 10. The number of rotatable bonds is 11. The van der Waals surface area contributed by atoms with Crippen molar-refractivity contribution in [2.45, 2.75) is 19.3 Å². The number of amides is 4. The van der Waals surface area contributed by atoms with Crippen LogP contribution in [-0.4, -0.2) is 59.5 Å². The summed E-state index contributed by atoms with van der Waals surface area (Å²) in [4.78, 5) is 100. The second-order valence-electron chi connectivity index (χ2n) is 22.2. The summed E-state index contributed by atoms with van der Waals surface area (Å²) in [5.74, 6) is -4.84. The van der Waals surface area contributed by atoms with Gasteiger partial charge in [-0.25, -0.2) is 24.1 Å². The molecule has 0 spiro atoms. The van der Waals surface area contributed by atoms with E-state index in [1.807, 2.05) is 0 Å².